The van der Waals surface area contributed by atoms with Crippen molar-refractivity contribution in [1.82, 2.24) is 20.2 Å². The lowest BCUT2D eigenvalue weighted by Crippen LogP contribution is -2.30. The standard InChI is InChI=1S/C22H23N7S/c23-7-6-17-13-25-22(26-14-17)19-5-4-16(12-24)10-20(19)30-18-11-21(28-27-15-18)29-8-2-1-3-9-29/h4-5,10-11,13-15H,1-3,6-9,23H2. The van der Waals surface area contributed by atoms with E-state index in [4.69, 9.17) is 5.73 Å². The summed E-state index contributed by atoms with van der Waals surface area (Å²) in [6.07, 6.45) is 9.76. The second-order valence-electron chi connectivity index (χ2n) is 7.18. The van der Waals surface area contributed by atoms with Gasteiger partial charge in [-0.2, -0.15) is 10.4 Å². The molecule has 3 heterocycles. The highest BCUT2D eigenvalue weighted by molar-refractivity contribution is 7.99. The van der Waals surface area contributed by atoms with E-state index in [-0.39, 0.29) is 0 Å². The van der Waals surface area contributed by atoms with Gasteiger partial charge in [-0.25, -0.2) is 9.97 Å². The molecule has 1 saturated heterocycles. The van der Waals surface area contributed by atoms with Gasteiger partial charge in [0.25, 0.3) is 0 Å². The van der Waals surface area contributed by atoms with Crippen molar-refractivity contribution >= 4 is 17.6 Å². The molecule has 30 heavy (non-hydrogen) atoms. The first-order valence-electron chi connectivity index (χ1n) is 10.1. The fourth-order valence-electron chi connectivity index (χ4n) is 3.45. The number of aromatic nitrogens is 4. The van der Waals surface area contributed by atoms with Crippen LogP contribution in [0.1, 0.15) is 30.4 Å². The molecule has 4 rings (SSSR count). The van der Waals surface area contributed by atoms with Gasteiger partial charge in [0.1, 0.15) is 0 Å². The van der Waals surface area contributed by atoms with Gasteiger partial charge in [0.05, 0.1) is 17.8 Å². The van der Waals surface area contributed by atoms with Crippen LogP contribution in [0.25, 0.3) is 11.4 Å². The zero-order valence-corrected chi connectivity index (χ0v) is 17.5. The van der Waals surface area contributed by atoms with Gasteiger partial charge in [-0.1, -0.05) is 11.8 Å². The molecule has 0 saturated carbocycles. The molecule has 1 aliphatic rings. The van der Waals surface area contributed by atoms with Crippen molar-refractivity contribution in [3.63, 3.8) is 0 Å². The van der Waals surface area contributed by atoms with E-state index in [2.05, 4.69) is 37.2 Å². The lowest BCUT2D eigenvalue weighted by atomic mass is 10.1. The Hall–Kier alpha value is -3.02. The van der Waals surface area contributed by atoms with Gasteiger partial charge in [0.15, 0.2) is 11.6 Å². The average molecular weight is 418 g/mol. The highest BCUT2D eigenvalue weighted by Gasteiger charge is 2.15. The predicted molar refractivity (Wildman–Crippen MR) is 117 cm³/mol. The summed E-state index contributed by atoms with van der Waals surface area (Å²) in [4.78, 5) is 13.2. The number of nitrogens with two attached hydrogens (primary N) is 1. The monoisotopic (exact) mass is 417 g/mol. The SMILES string of the molecule is N#Cc1ccc(-c2ncc(CCN)cn2)c(Sc2cnnc(N3CCCCC3)c2)c1. The normalized spacial score (nSPS) is 13.8. The molecule has 0 unspecified atom stereocenters. The van der Waals surface area contributed by atoms with Crippen LogP contribution in [-0.2, 0) is 6.42 Å². The van der Waals surface area contributed by atoms with Crippen molar-refractivity contribution in [3.8, 4) is 17.5 Å². The number of hydrogen-bond donors (Lipinski definition) is 1. The number of piperidine rings is 1. The Labute approximate surface area is 180 Å². The molecule has 3 aromatic rings. The third-order valence-corrected chi connectivity index (χ3v) is 6.03. The molecule has 0 amide bonds. The summed E-state index contributed by atoms with van der Waals surface area (Å²) in [7, 11) is 0. The van der Waals surface area contributed by atoms with E-state index in [0.717, 1.165) is 46.2 Å². The van der Waals surface area contributed by atoms with E-state index in [1.165, 1.54) is 19.3 Å². The molecule has 2 aromatic heterocycles. The first kappa shape index (κ1) is 20.3. The third kappa shape index (κ3) is 4.75. The van der Waals surface area contributed by atoms with Crippen LogP contribution in [0.15, 0.2) is 52.6 Å². The molecule has 0 atom stereocenters. The summed E-state index contributed by atoms with van der Waals surface area (Å²) < 4.78 is 0. The molecular weight excluding hydrogens is 394 g/mol. The molecule has 0 spiro atoms. The first-order valence-corrected chi connectivity index (χ1v) is 10.9. The quantitative estimate of drug-likeness (QED) is 0.650. The zero-order valence-electron chi connectivity index (χ0n) is 16.7. The Bertz CT molecular complexity index is 1040. The smallest absolute Gasteiger partial charge is 0.160 e. The average Bonchev–Trinajstić information content (AvgIpc) is 2.81. The van der Waals surface area contributed by atoms with Crippen molar-refractivity contribution in [3.05, 3.63) is 54.0 Å². The Morgan fingerprint density at radius 3 is 2.60 bits per heavy atom. The van der Waals surface area contributed by atoms with E-state index in [1.54, 1.807) is 24.0 Å². The fourth-order valence-corrected chi connectivity index (χ4v) is 4.42. The number of benzene rings is 1. The second-order valence-corrected chi connectivity index (χ2v) is 8.29. The topological polar surface area (TPSA) is 105 Å². The second kappa shape index (κ2) is 9.65. The zero-order chi connectivity index (χ0) is 20.8. The molecule has 0 aliphatic carbocycles. The molecule has 8 heteroatoms. The van der Waals surface area contributed by atoms with Gasteiger partial charge in [-0.3, -0.25) is 0 Å². The highest BCUT2D eigenvalue weighted by Crippen LogP contribution is 2.36. The maximum Gasteiger partial charge on any atom is 0.160 e. The van der Waals surface area contributed by atoms with Crippen LogP contribution < -0.4 is 10.6 Å². The van der Waals surface area contributed by atoms with Crippen LogP contribution in [0.5, 0.6) is 0 Å². The molecule has 0 bridgehead atoms. The molecule has 1 aromatic carbocycles. The number of nitriles is 1. The molecule has 2 N–H and O–H groups in total. The number of nitrogens with zero attached hydrogens (tertiary/aromatic N) is 6. The van der Waals surface area contributed by atoms with Crippen LogP contribution in [0, 0.1) is 11.3 Å². The van der Waals surface area contributed by atoms with Gasteiger partial charge in [0.2, 0.25) is 0 Å². The lowest BCUT2D eigenvalue weighted by molar-refractivity contribution is 0.570. The van der Waals surface area contributed by atoms with Crippen LogP contribution in [0.2, 0.25) is 0 Å². The van der Waals surface area contributed by atoms with Crippen LogP contribution in [0.4, 0.5) is 5.82 Å². The van der Waals surface area contributed by atoms with Gasteiger partial charge >= 0.3 is 0 Å². The Morgan fingerprint density at radius 1 is 1.07 bits per heavy atom. The summed E-state index contributed by atoms with van der Waals surface area (Å²) in [5.41, 5.74) is 8.10. The molecule has 7 nitrogen and oxygen atoms in total. The lowest BCUT2D eigenvalue weighted by Gasteiger charge is -2.27. The van der Waals surface area contributed by atoms with Crippen LogP contribution >= 0.6 is 11.8 Å². The number of rotatable bonds is 6. The van der Waals surface area contributed by atoms with Gasteiger partial charge in [0, 0.05) is 40.8 Å². The predicted octanol–water partition coefficient (Wildman–Crippen LogP) is 3.45. The largest absolute Gasteiger partial charge is 0.355 e. The minimum Gasteiger partial charge on any atom is -0.355 e. The molecule has 0 radical (unpaired) electrons. The van der Waals surface area contributed by atoms with Crippen molar-refractivity contribution in [1.29, 1.82) is 5.26 Å². The van der Waals surface area contributed by atoms with E-state index in [1.807, 2.05) is 24.5 Å². The van der Waals surface area contributed by atoms with Crippen LogP contribution in [0.3, 0.4) is 0 Å². The van der Waals surface area contributed by atoms with E-state index < -0.39 is 0 Å². The summed E-state index contributed by atoms with van der Waals surface area (Å²) >= 11 is 1.55. The van der Waals surface area contributed by atoms with Crippen molar-refractivity contribution < 1.29 is 0 Å². The van der Waals surface area contributed by atoms with Gasteiger partial charge < -0.3 is 10.6 Å². The summed E-state index contributed by atoms with van der Waals surface area (Å²) in [5.74, 6) is 1.53. The maximum atomic E-state index is 9.37. The Morgan fingerprint density at radius 2 is 1.87 bits per heavy atom. The molecule has 1 aliphatic heterocycles. The minimum absolute atomic E-state index is 0.565. The number of hydrogen-bond acceptors (Lipinski definition) is 8. The van der Waals surface area contributed by atoms with Crippen molar-refractivity contribution in [2.24, 2.45) is 5.73 Å². The van der Waals surface area contributed by atoms with Crippen LogP contribution in [-0.4, -0.2) is 39.8 Å². The van der Waals surface area contributed by atoms with E-state index in [9.17, 15) is 5.26 Å². The van der Waals surface area contributed by atoms with E-state index >= 15 is 0 Å². The molecule has 1 fully saturated rings. The molecule has 152 valence electrons. The minimum atomic E-state index is 0.565. The summed E-state index contributed by atoms with van der Waals surface area (Å²) in [5, 5.41) is 17.9. The Balaban J connectivity index is 1.64. The maximum absolute atomic E-state index is 9.37. The van der Waals surface area contributed by atoms with Crippen molar-refractivity contribution in [2.75, 3.05) is 24.5 Å². The van der Waals surface area contributed by atoms with Gasteiger partial charge in [-0.05, 0) is 62.1 Å². The first-order chi connectivity index (χ1) is 14.8. The van der Waals surface area contributed by atoms with Crippen molar-refractivity contribution in [2.45, 2.75) is 35.5 Å². The summed E-state index contributed by atoms with van der Waals surface area (Å²) in [6, 6.07) is 9.85. The van der Waals surface area contributed by atoms with Gasteiger partial charge in [-0.15, -0.1) is 5.10 Å². The summed E-state index contributed by atoms with van der Waals surface area (Å²) in [6.45, 7) is 2.59. The Kier molecular flexibility index (Phi) is 6.52. The third-order valence-electron chi connectivity index (χ3n) is 5.01. The van der Waals surface area contributed by atoms with E-state index in [0.29, 0.717) is 17.9 Å². The number of anilines is 1. The molecular formula is C22H23N7S. The highest BCUT2D eigenvalue weighted by atomic mass is 32.2. The fraction of sp³-hybridized carbons (Fsp3) is 0.318.